The van der Waals surface area contributed by atoms with E-state index >= 15 is 0 Å². The second kappa shape index (κ2) is 7.41. The van der Waals surface area contributed by atoms with Gasteiger partial charge in [0.25, 0.3) is 0 Å². The second-order valence-corrected chi connectivity index (χ2v) is 7.30. The Bertz CT molecular complexity index is 1330. The van der Waals surface area contributed by atoms with Crippen LogP contribution in [0.25, 0.3) is 21.8 Å². The number of benzene rings is 4. The van der Waals surface area contributed by atoms with Crippen LogP contribution in [0.2, 0.25) is 0 Å². The molecule has 0 spiro atoms. The summed E-state index contributed by atoms with van der Waals surface area (Å²) in [7, 11) is 0. The quantitative estimate of drug-likeness (QED) is 0.193. The molecular formula is C26H20N4. The molecule has 4 heteroatoms. The Kier molecular flexibility index (Phi) is 4.45. The second-order valence-electron chi connectivity index (χ2n) is 7.30. The van der Waals surface area contributed by atoms with Crippen molar-refractivity contribution in [3.05, 3.63) is 120 Å². The van der Waals surface area contributed by atoms with Crippen LogP contribution in [-0.2, 0) is 0 Å². The molecule has 2 N–H and O–H groups in total. The van der Waals surface area contributed by atoms with Gasteiger partial charge in [0.15, 0.2) is 5.84 Å². The van der Waals surface area contributed by atoms with E-state index < -0.39 is 0 Å². The number of fused-ring (bicyclic) bond motifs is 3. The number of nitrogens with zero attached hydrogens (tertiary/aromatic N) is 2. The van der Waals surface area contributed by atoms with Crippen molar-refractivity contribution in [2.75, 3.05) is 0 Å². The number of para-hydroxylation sites is 1. The van der Waals surface area contributed by atoms with Crippen LogP contribution in [0.3, 0.4) is 0 Å². The fourth-order valence-electron chi connectivity index (χ4n) is 4.25. The summed E-state index contributed by atoms with van der Waals surface area (Å²) in [6, 6.07) is 35.3. The molecule has 0 aliphatic heterocycles. The summed E-state index contributed by atoms with van der Waals surface area (Å²) in [5.74, 6) is -0.0311. The van der Waals surface area contributed by atoms with Crippen molar-refractivity contribution >= 4 is 27.6 Å². The molecule has 0 saturated carbocycles. The molecule has 0 unspecified atom stereocenters. The fourth-order valence-corrected chi connectivity index (χ4v) is 4.25. The van der Waals surface area contributed by atoms with E-state index in [2.05, 4.69) is 76.4 Å². The van der Waals surface area contributed by atoms with Crippen molar-refractivity contribution in [2.24, 2.45) is 5.11 Å². The molecule has 1 heterocycles. The predicted molar refractivity (Wildman–Crippen MR) is 122 cm³/mol. The van der Waals surface area contributed by atoms with Crippen LogP contribution < -0.4 is 0 Å². The zero-order valence-corrected chi connectivity index (χ0v) is 16.3. The molecule has 0 atom stereocenters. The average Bonchev–Trinajstić information content (AvgIpc) is 3.14. The summed E-state index contributed by atoms with van der Waals surface area (Å²) in [5, 5.41) is 13.5. The molecule has 4 nitrogen and oxygen atoms in total. The summed E-state index contributed by atoms with van der Waals surface area (Å²) < 4.78 is 2.38. The smallest absolute Gasteiger partial charge is 0.173 e. The minimum Gasteiger partial charge on any atom is -0.329 e. The first-order chi connectivity index (χ1) is 14.8. The van der Waals surface area contributed by atoms with Crippen molar-refractivity contribution < 1.29 is 0 Å². The van der Waals surface area contributed by atoms with Gasteiger partial charge in [0.05, 0.1) is 11.6 Å². The first kappa shape index (κ1) is 18.0. The Morgan fingerprint density at radius 3 is 1.87 bits per heavy atom. The molecule has 30 heavy (non-hydrogen) atoms. The van der Waals surface area contributed by atoms with Crippen molar-refractivity contribution in [2.45, 2.75) is 6.04 Å². The summed E-state index contributed by atoms with van der Waals surface area (Å²) >= 11 is 0. The highest BCUT2D eigenvalue weighted by atomic mass is 15.0. The first-order valence-corrected chi connectivity index (χ1v) is 9.87. The lowest BCUT2D eigenvalue weighted by atomic mass is 9.98. The molecule has 0 aliphatic carbocycles. The monoisotopic (exact) mass is 388 g/mol. The van der Waals surface area contributed by atoms with E-state index in [0.717, 1.165) is 21.8 Å². The summed E-state index contributed by atoms with van der Waals surface area (Å²) in [5.41, 5.74) is 12.5. The highest BCUT2D eigenvalue weighted by molar-refractivity contribution is 6.11. The fraction of sp³-hybridized carbons (Fsp3) is 0.0385. The van der Waals surface area contributed by atoms with Crippen LogP contribution in [-0.4, -0.2) is 10.4 Å². The van der Waals surface area contributed by atoms with Gasteiger partial charge in [-0.05, 0) is 35.4 Å². The first-order valence-electron chi connectivity index (χ1n) is 9.87. The van der Waals surface area contributed by atoms with Crippen LogP contribution in [0, 0.1) is 10.9 Å². The molecule has 0 amide bonds. The highest BCUT2D eigenvalue weighted by Crippen LogP contribution is 2.37. The number of rotatable bonds is 4. The Hall–Kier alpha value is -4.05. The van der Waals surface area contributed by atoms with Crippen LogP contribution in [0.4, 0.5) is 0 Å². The van der Waals surface area contributed by atoms with E-state index in [-0.39, 0.29) is 11.9 Å². The molecule has 0 radical (unpaired) electrons. The highest BCUT2D eigenvalue weighted by Gasteiger charge is 2.22. The molecule has 0 aliphatic rings. The van der Waals surface area contributed by atoms with E-state index in [1.807, 2.05) is 36.4 Å². The minimum absolute atomic E-state index is 0.0148. The molecule has 4 aromatic carbocycles. The topological polar surface area (TPSA) is 65.0 Å². The van der Waals surface area contributed by atoms with Gasteiger partial charge in [-0.1, -0.05) is 78.9 Å². The molecule has 5 aromatic rings. The van der Waals surface area contributed by atoms with E-state index in [1.54, 1.807) is 0 Å². The van der Waals surface area contributed by atoms with Gasteiger partial charge in [-0.25, -0.2) is 5.53 Å². The number of hydrogen-bond donors (Lipinski definition) is 2. The van der Waals surface area contributed by atoms with Gasteiger partial charge in [-0.2, -0.15) is 0 Å². The van der Waals surface area contributed by atoms with Gasteiger partial charge in [0, 0.05) is 21.9 Å². The van der Waals surface area contributed by atoms with Gasteiger partial charge < -0.3 is 4.57 Å². The summed E-state index contributed by atoms with van der Waals surface area (Å²) in [6.07, 6.45) is 0. The van der Waals surface area contributed by atoms with Crippen LogP contribution in [0.1, 0.15) is 22.7 Å². The molecule has 0 bridgehead atoms. The van der Waals surface area contributed by atoms with Crippen LogP contribution in [0.15, 0.2) is 108 Å². The van der Waals surface area contributed by atoms with Crippen LogP contribution in [0.5, 0.6) is 0 Å². The number of hydrogen-bond acceptors (Lipinski definition) is 2. The Balaban J connectivity index is 1.87. The zero-order chi connectivity index (χ0) is 20.5. The standard InChI is InChI=1S/C26H20N4/c27-26(29-28)20-15-16-24-22(17-20)21-13-7-8-14-23(21)30(24)25(18-9-3-1-4-10-18)19-11-5-2-6-12-19/h1-17,25,27-28H. The lowest BCUT2D eigenvalue weighted by Crippen LogP contribution is -2.12. The van der Waals surface area contributed by atoms with Crippen molar-refractivity contribution in [3.63, 3.8) is 0 Å². The maximum absolute atomic E-state index is 7.96. The predicted octanol–water partition coefficient (Wildman–Crippen LogP) is 6.79. The molecule has 1 aromatic heterocycles. The Morgan fingerprint density at radius 1 is 0.667 bits per heavy atom. The van der Waals surface area contributed by atoms with E-state index in [1.165, 1.54) is 11.1 Å². The third kappa shape index (κ3) is 2.90. The molecule has 0 saturated heterocycles. The van der Waals surface area contributed by atoms with Gasteiger partial charge in [0.2, 0.25) is 0 Å². The lowest BCUT2D eigenvalue weighted by Gasteiger charge is -2.23. The molecule has 0 fully saturated rings. The summed E-state index contributed by atoms with van der Waals surface area (Å²) in [6.45, 7) is 0. The van der Waals surface area contributed by atoms with Crippen molar-refractivity contribution in [1.29, 1.82) is 10.9 Å². The number of nitrogens with one attached hydrogen (secondary N) is 2. The van der Waals surface area contributed by atoms with E-state index in [9.17, 15) is 0 Å². The van der Waals surface area contributed by atoms with E-state index in [0.29, 0.717) is 5.56 Å². The zero-order valence-electron chi connectivity index (χ0n) is 16.3. The van der Waals surface area contributed by atoms with E-state index in [4.69, 9.17) is 10.9 Å². The maximum atomic E-state index is 7.96. The van der Waals surface area contributed by atoms with Gasteiger partial charge in [-0.3, -0.25) is 5.41 Å². The molecular weight excluding hydrogens is 368 g/mol. The Labute approximate surface area is 174 Å². The third-order valence-electron chi connectivity index (χ3n) is 5.58. The third-order valence-corrected chi connectivity index (χ3v) is 5.58. The molecule has 144 valence electrons. The SMILES string of the molecule is N=NC(=N)c1ccc2c(c1)c1ccccc1n2C(c1ccccc1)c1ccccc1. The number of aromatic nitrogens is 1. The van der Waals surface area contributed by atoms with Crippen molar-refractivity contribution in [3.8, 4) is 0 Å². The van der Waals surface area contributed by atoms with Crippen molar-refractivity contribution in [1.82, 2.24) is 4.57 Å². The maximum Gasteiger partial charge on any atom is 0.173 e. The van der Waals surface area contributed by atoms with Gasteiger partial charge in [-0.15, -0.1) is 5.11 Å². The Morgan fingerprint density at radius 2 is 1.23 bits per heavy atom. The molecule has 5 rings (SSSR count). The van der Waals surface area contributed by atoms with Crippen LogP contribution >= 0.6 is 0 Å². The normalized spacial score (nSPS) is 11.2. The lowest BCUT2D eigenvalue weighted by molar-refractivity contribution is 0.728. The summed E-state index contributed by atoms with van der Waals surface area (Å²) in [4.78, 5) is 0. The minimum atomic E-state index is -0.0311. The average molecular weight is 388 g/mol. The van der Waals surface area contributed by atoms with Gasteiger partial charge >= 0.3 is 0 Å². The largest absolute Gasteiger partial charge is 0.329 e. The number of amidine groups is 1. The van der Waals surface area contributed by atoms with Gasteiger partial charge in [0.1, 0.15) is 0 Å².